The maximum Gasteiger partial charge on any atom is 0.269 e. The van der Waals surface area contributed by atoms with Gasteiger partial charge in [-0.15, -0.1) is 6.58 Å². The smallest absolute Gasteiger partial charge is 0.269 e. The van der Waals surface area contributed by atoms with Crippen LogP contribution in [0.5, 0.6) is 0 Å². The van der Waals surface area contributed by atoms with Gasteiger partial charge in [-0.1, -0.05) is 25.1 Å². The van der Waals surface area contributed by atoms with Crippen LogP contribution in [0.15, 0.2) is 36.9 Å². The summed E-state index contributed by atoms with van der Waals surface area (Å²) >= 11 is 0. The molecule has 0 saturated carbocycles. The van der Waals surface area contributed by atoms with Crippen LogP contribution in [0.4, 0.5) is 5.69 Å². The van der Waals surface area contributed by atoms with E-state index in [4.69, 9.17) is 0 Å². The number of rotatable bonds is 6. The molecule has 0 aliphatic rings. The summed E-state index contributed by atoms with van der Waals surface area (Å²) in [6.07, 6.45) is 2.66. The minimum Gasteiger partial charge on any atom is -0.306 e. The Morgan fingerprint density at radius 1 is 1.62 bits per heavy atom. The first-order valence-electron chi connectivity index (χ1n) is 5.27. The molecule has 0 aromatic heterocycles. The SMILES string of the molecule is C=CCNC(CC)c1cccc([N+](=O)[O-])c1. The lowest BCUT2D eigenvalue weighted by Crippen LogP contribution is -2.20. The Bertz CT molecular complexity index is 377. The van der Waals surface area contributed by atoms with E-state index in [1.165, 1.54) is 6.07 Å². The highest BCUT2D eigenvalue weighted by Gasteiger charge is 2.11. The van der Waals surface area contributed by atoms with Gasteiger partial charge in [-0.05, 0) is 12.0 Å². The summed E-state index contributed by atoms with van der Waals surface area (Å²) in [7, 11) is 0. The third-order valence-electron chi connectivity index (χ3n) is 2.40. The van der Waals surface area contributed by atoms with Crippen molar-refractivity contribution in [1.29, 1.82) is 0 Å². The first-order valence-corrected chi connectivity index (χ1v) is 5.27. The average Bonchev–Trinajstić information content (AvgIpc) is 2.30. The number of hydrogen-bond donors (Lipinski definition) is 1. The Balaban J connectivity index is 2.87. The van der Waals surface area contributed by atoms with Crippen molar-refractivity contribution < 1.29 is 4.92 Å². The molecule has 16 heavy (non-hydrogen) atoms. The lowest BCUT2D eigenvalue weighted by atomic mass is 10.0. The summed E-state index contributed by atoms with van der Waals surface area (Å²) in [5.74, 6) is 0. The zero-order valence-electron chi connectivity index (χ0n) is 9.35. The fourth-order valence-corrected chi connectivity index (χ4v) is 1.58. The quantitative estimate of drug-likeness (QED) is 0.455. The van der Waals surface area contributed by atoms with Gasteiger partial charge in [-0.3, -0.25) is 10.1 Å². The summed E-state index contributed by atoms with van der Waals surface area (Å²) < 4.78 is 0. The highest BCUT2D eigenvalue weighted by molar-refractivity contribution is 5.35. The van der Waals surface area contributed by atoms with Crippen LogP contribution in [-0.2, 0) is 0 Å². The number of nitrogens with zero attached hydrogens (tertiary/aromatic N) is 1. The molecule has 4 nitrogen and oxygen atoms in total. The van der Waals surface area contributed by atoms with Crippen LogP contribution in [0.1, 0.15) is 24.9 Å². The molecule has 1 N–H and O–H groups in total. The van der Waals surface area contributed by atoms with E-state index in [-0.39, 0.29) is 16.7 Å². The molecule has 0 radical (unpaired) electrons. The van der Waals surface area contributed by atoms with E-state index in [0.29, 0.717) is 6.54 Å². The van der Waals surface area contributed by atoms with Gasteiger partial charge < -0.3 is 5.32 Å². The van der Waals surface area contributed by atoms with Gasteiger partial charge in [-0.25, -0.2) is 0 Å². The maximum atomic E-state index is 10.6. The number of benzene rings is 1. The molecular weight excluding hydrogens is 204 g/mol. The molecule has 0 bridgehead atoms. The van der Waals surface area contributed by atoms with Crippen molar-refractivity contribution in [3.63, 3.8) is 0 Å². The van der Waals surface area contributed by atoms with E-state index in [1.54, 1.807) is 18.2 Å². The van der Waals surface area contributed by atoms with Crippen LogP contribution in [-0.4, -0.2) is 11.5 Å². The van der Waals surface area contributed by atoms with E-state index in [9.17, 15) is 10.1 Å². The third-order valence-corrected chi connectivity index (χ3v) is 2.40. The van der Waals surface area contributed by atoms with Crippen molar-refractivity contribution in [2.75, 3.05) is 6.54 Å². The molecule has 0 aliphatic heterocycles. The molecular formula is C12H16N2O2. The van der Waals surface area contributed by atoms with Crippen molar-refractivity contribution in [2.24, 2.45) is 0 Å². The normalized spacial score (nSPS) is 12.1. The predicted molar refractivity (Wildman–Crippen MR) is 64.3 cm³/mol. The topological polar surface area (TPSA) is 55.2 Å². The van der Waals surface area contributed by atoms with Gasteiger partial charge in [0.25, 0.3) is 5.69 Å². The highest BCUT2D eigenvalue weighted by atomic mass is 16.6. The first kappa shape index (κ1) is 12.4. The summed E-state index contributed by atoms with van der Waals surface area (Å²) in [6, 6.07) is 6.87. The van der Waals surface area contributed by atoms with Gasteiger partial charge in [0, 0.05) is 24.7 Å². The summed E-state index contributed by atoms with van der Waals surface area (Å²) in [4.78, 5) is 10.3. The van der Waals surface area contributed by atoms with Crippen molar-refractivity contribution in [3.8, 4) is 0 Å². The fourth-order valence-electron chi connectivity index (χ4n) is 1.58. The van der Waals surface area contributed by atoms with Crippen LogP contribution in [0.3, 0.4) is 0 Å². The molecule has 86 valence electrons. The summed E-state index contributed by atoms with van der Waals surface area (Å²) in [5.41, 5.74) is 1.08. The fraction of sp³-hybridized carbons (Fsp3) is 0.333. The molecule has 1 rings (SSSR count). The van der Waals surface area contributed by atoms with Gasteiger partial charge in [0.2, 0.25) is 0 Å². The van der Waals surface area contributed by atoms with Crippen molar-refractivity contribution in [2.45, 2.75) is 19.4 Å². The van der Waals surface area contributed by atoms with Crippen LogP contribution in [0.2, 0.25) is 0 Å². The van der Waals surface area contributed by atoms with Gasteiger partial charge >= 0.3 is 0 Å². The second-order valence-electron chi connectivity index (χ2n) is 3.51. The molecule has 0 fully saturated rings. The van der Waals surface area contributed by atoms with Crippen LogP contribution >= 0.6 is 0 Å². The third kappa shape index (κ3) is 3.17. The molecule has 0 saturated heterocycles. The van der Waals surface area contributed by atoms with Gasteiger partial charge in [0.15, 0.2) is 0 Å². The molecule has 0 amide bonds. The van der Waals surface area contributed by atoms with Crippen molar-refractivity contribution in [1.82, 2.24) is 5.32 Å². The Hall–Kier alpha value is -1.68. The highest BCUT2D eigenvalue weighted by Crippen LogP contribution is 2.21. The predicted octanol–water partition coefficient (Wildman–Crippen LogP) is 2.82. The minimum atomic E-state index is -0.371. The van der Waals surface area contributed by atoms with Gasteiger partial charge in [-0.2, -0.15) is 0 Å². The van der Waals surface area contributed by atoms with E-state index >= 15 is 0 Å². The summed E-state index contributed by atoms with van der Waals surface area (Å²) in [6.45, 7) is 6.37. The molecule has 0 spiro atoms. The van der Waals surface area contributed by atoms with E-state index in [2.05, 4.69) is 11.9 Å². The van der Waals surface area contributed by atoms with Crippen molar-refractivity contribution >= 4 is 5.69 Å². The second-order valence-corrected chi connectivity index (χ2v) is 3.51. The number of non-ortho nitro benzene ring substituents is 1. The number of nitro groups is 1. The Labute approximate surface area is 95.1 Å². The van der Waals surface area contributed by atoms with E-state index in [0.717, 1.165) is 12.0 Å². The maximum absolute atomic E-state index is 10.6. The Morgan fingerprint density at radius 3 is 2.94 bits per heavy atom. The Morgan fingerprint density at radius 2 is 2.38 bits per heavy atom. The van der Waals surface area contributed by atoms with E-state index in [1.807, 2.05) is 13.0 Å². The van der Waals surface area contributed by atoms with Gasteiger partial charge in [0.1, 0.15) is 0 Å². The van der Waals surface area contributed by atoms with E-state index < -0.39 is 0 Å². The van der Waals surface area contributed by atoms with Crippen LogP contribution in [0, 0.1) is 10.1 Å². The van der Waals surface area contributed by atoms with Gasteiger partial charge in [0.05, 0.1) is 4.92 Å². The standard InChI is InChI=1S/C12H16N2O2/c1-3-8-13-12(4-2)10-6-5-7-11(9-10)14(15)16/h3,5-7,9,12-13H,1,4,8H2,2H3. The molecule has 4 heteroatoms. The largest absolute Gasteiger partial charge is 0.306 e. The summed E-state index contributed by atoms with van der Waals surface area (Å²) in [5, 5.41) is 13.9. The molecule has 1 atom stereocenters. The minimum absolute atomic E-state index is 0.136. The number of nitro benzene ring substituents is 1. The number of hydrogen-bond acceptors (Lipinski definition) is 3. The number of nitrogens with one attached hydrogen (secondary N) is 1. The second kappa shape index (κ2) is 6.02. The average molecular weight is 220 g/mol. The monoisotopic (exact) mass is 220 g/mol. The zero-order chi connectivity index (χ0) is 12.0. The first-order chi connectivity index (χ1) is 7.69. The lowest BCUT2D eigenvalue weighted by molar-refractivity contribution is -0.384. The lowest BCUT2D eigenvalue weighted by Gasteiger charge is -2.15. The van der Waals surface area contributed by atoms with Crippen LogP contribution in [0.25, 0.3) is 0 Å². The molecule has 0 heterocycles. The molecule has 1 aromatic rings. The zero-order valence-corrected chi connectivity index (χ0v) is 9.35. The molecule has 0 aliphatic carbocycles. The van der Waals surface area contributed by atoms with Crippen molar-refractivity contribution in [3.05, 3.63) is 52.6 Å². The Kier molecular flexibility index (Phi) is 4.66. The van der Waals surface area contributed by atoms with Crippen LogP contribution < -0.4 is 5.32 Å². The molecule has 1 unspecified atom stereocenters. The molecule has 1 aromatic carbocycles.